The lowest BCUT2D eigenvalue weighted by Crippen LogP contribution is -3.07. The fourth-order valence-electron chi connectivity index (χ4n) is 5.89. The molecule has 0 aromatic carbocycles. The fraction of sp³-hybridized carbons (Fsp3) is 0.902. The van der Waals surface area contributed by atoms with Crippen LogP contribution in [-0.4, -0.2) is 46.6 Å². The maximum absolute atomic E-state index is 6.24. The van der Waals surface area contributed by atoms with Crippen LogP contribution in [0.5, 0.6) is 0 Å². The number of unbranched alkanes of at least 4 members (excludes halogenated alkanes) is 24. The summed E-state index contributed by atoms with van der Waals surface area (Å²) >= 11 is 0. The average Bonchev–Trinajstić information content (AvgIpc) is 3.01. The molecule has 3 heteroatoms. The van der Waals surface area contributed by atoms with Gasteiger partial charge in [-0.25, -0.2) is 0 Å². The van der Waals surface area contributed by atoms with Crippen LogP contribution in [0.3, 0.4) is 0 Å². The number of rotatable bonds is 37. The van der Waals surface area contributed by atoms with Gasteiger partial charge in [0.05, 0.1) is 20.7 Å². The molecule has 0 heterocycles. The summed E-state index contributed by atoms with van der Waals surface area (Å²) in [5, 5.41) is 0. The Morgan fingerprint density at radius 2 is 0.773 bits per heavy atom. The first-order valence-electron chi connectivity index (χ1n) is 20.0. The Morgan fingerprint density at radius 3 is 1.16 bits per heavy atom. The number of nitrogens with one attached hydrogen (secondary N) is 1. The Bertz CT molecular complexity index is 573. The van der Waals surface area contributed by atoms with E-state index in [1.807, 2.05) is 0 Å². The molecule has 3 nitrogen and oxygen atoms in total. The van der Waals surface area contributed by atoms with Crippen molar-refractivity contribution in [3.8, 4) is 0 Å². The van der Waals surface area contributed by atoms with Crippen molar-refractivity contribution < 1.29 is 14.4 Å². The molecule has 0 saturated carbocycles. The Kier molecular flexibility index (Phi) is 38.0. The van der Waals surface area contributed by atoms with Crippen LogP contribution in [0.15, 0.2) is 24.3 Å². The molecular formula is C41H82NO2+. The molecule has 0 fully saturated rings. The molecule has 0 amide bonds. The second kappa shape index (κ2) is 38.5. The molecule has 262 valence electrons. The van der Waals surface area contributed by atoms with Gasteiger partial charge >= 0.3 is 0 Å². The van der Waals surface area contributed by atoms with Crippen LogP contribution >= 0.6 is 0 Å². The Balaban J connectivity index is 3.52. The first-order valence-corrected chi connectivity index (χ1v) is 20.0. The molecule has 0 saturated heterocycles. The Labute approximate surface area is 278 Å². The summed E-state index contributed by atoms with van der Waals surface area (Å²) in [5.41, 5.74) is 0. The highest BCUT2D eigenvalue weighted by molar-refractivity contribution is 4.82. The average molecular weight is 621 g/mol. The van der Waals surface area contributed by atoms with E-state index in [1.165, 1.54) is 185 Å². The van der Waals surface area contributed by atoms with E-state index in [0.29, 0.717) is 0 Å². The number of quaternary nitrogens is 1. The van der Waals surface area contributed by atoms with E-state index in [2.05, 4.69) is 52.2 Å². The lowest BCUT2D eigenvalue weighted by Gasteiger charge is -2.20. The summed E-state index contributed by atoms with van der Waals surface area (Å²) in [5.74, 6) is 0. The van der Waals surface area contributed by atoms with Gasteiger partial charge in [0.25, 0.3) is 0 Å². The molecule has 0 aromatic heterocycles. The normalized spacial score (nSPS) is 12.8. The maximum Gasteiger partial charge on any atom is 0.129 e. The second-order valence-corrected chi connectivity index (χ2v) is 13.9. The first kappa shape index (κ1) is 43.4. The van der Waals surface area contributed by atoms with Crippen LogP contribution in [0.4, 0.5) is 0 Å². The topological polar surface area (TPSA) is 22.9 Å². The van der Waals surface area contributed by atoms with Crippen molar-refractivity contribution in [2.45, 2.75) is 200 Å². The zero-order valence-corrected chi connectivity index (χ0v) is 30.8. The van der Waals surface area contributed by atoms with E-state index in [-0.39, 0.29) is 6.10 Å². The molecule has 1 atom stereocenters. The van der Waals surface area contributed by atoms with Gasteiger partial charge in [0.2, 0.25) is 0 Å². The smallest absolute Gasteiger partial charge is 0.129 e. The van der Waals surface area contributed by atoms with Crippen LogP contribution in [0.25, 0.3) is 0 Å². The predicted octanol–water partition coefficient (Wildman–Crippen LogP) is 11.6. The summed E-state index contributed by atoms with van der Waals surface area (Å²) in [4.78, 5) is 1.44. The summed E-state index contributed by atoms with van der Waals surface area (Å²) < 4.78 is 12.3. The highest BCUT2D eigenvalue weighted by atomic mass is 16.5. The third-order valence-electron chi connectivity index (χ3n) is 8.75. The van der Waals surface area contributed by atoms with Crippen molar-refractivity contribution in [3.05, 3.63) is 24.3 Å². The minimum absolute atomic E-state index is 0.234. The van der Waals surface area contributed by atoms with Crippen LogP contribution in [0.1, 0.15) is 194 Å². The van der Waals surface area contributed by atoms with Crippen molar-refractivity contribution in [2.24, 2.45) is 0 Å². The van der Waals surface area contributed by atoms with Crippen molar-refractivity contribution in [1.29, 1.82) is 0 Å². The molecule has 0 aliphatic heterocycles. The SMILES string of the molecule is CCCCCCCC/C=C\CCCCCCCCOCC(C[NH+](C)C)OCCCCCCCC/C=C\CCCCCCCC. The van der Waals surface area contributed by atoms with Gasteiger partial charge in [0, 0.05) is 13.2 Å². The number of hydrogen-bond acceptors (Lipinski definition) is 2. The molecule has 44 heavy (non-hydrogen) atoms. The van der Waals surface area contributed by atoms with Crippen LogP contribution in [0, 0.1) is 0 Å². The van der Waals surface area contributed by atoms with Crippen LogP contribution in [0.2, 0.25) is 0 Å². The number of ether oxygens (including phenoxy) is 2. The minimum Gasteiger partial charge on any atom is -0.379 e. The van der Waals surface area contributed by atoms with E-state index in [0.717, 1.165) is 26.4 Å². The second-order valence-electron chi connectivity index (χ2n) is 13.9. The highest BCUT2D eigenvalue weighted by Gasteiger charge is 2.13. The minimum atomic E-state index is 0.234. The molecule has 0 aliphatic carbocycles. The number of hydrogen-bond donors (Lipinski definition) is 1. The quantitative estimate of drug-likeness (QED) is 0.0551. The third kappa shape index (κ3) is 37.5. The van der Waals surface area contributed by atoms with E-state index >= 15 is 0 Å². The van der Waals surface area contributed by atoms with Gasteiger partial charge < -0.3 is 14.4 Å². The molecule has 0 spiro atoms. The molecule has 0 aromatic rings. The molecule has 1 N–H and O–H groups in total. The predicted molar refractivity (Wildman–Crippen MR) is 197 cm³/mol. The third-order valence-corrected chi connectivity index (χ3v) is 8.75. The van der Waals surface area contributed by atoms with Crippen molar-refractivity contribution in [2.75, 3.05) is 40.5 Å². The first-order chi connectivity index (χ1) is 21.7. The number of likely N-dealkylation sites (N-methyl/N-ethyl adjacent to an activating group) is 1. The number of allylic oxidation sites excluding steroid dienone is 4. The van der Waals surface area contributed by atoms with Crippen molar-refractivity contribution >= 4 is 0 Å². The summed E-state index contributed by atoms with van der Waals surface area (Å²) in [6.07, 6.45) is 47.7. The van der Waals surface area contributed by atoms with E-state index in [4.69, 9.17) is 9.47 Å². The van der Waals surface area contributed by atoms with E-state index in [1.54, 1.807) is 0 Å². The van der Waals surface area contributed by atoms with Gasteiger partial charge in [0.15, 0.2) is 0 Å². The molecule has 0 rings (SSSR count). The summed E-state index contributed by atoms with van der Waals surface area (Å²) in [6, 6.07) is 0. The lowest BCUT2D eigenvalue weighted by atomic mass is 10.1. The van der Waals surface area contributed by atoms with Gasteiger partial charge in [0.1, 0.15) is 12.6 Å². The zero-order valence-electron chi connectivity index (χ0n) is 30.8. The van der Waals surface area contributed by atoms with Gasteiger partial charge in [-0.3, -0.25) is 0 Å². The fourth-order valence-corrected chi connectivity index (χ4v) is 5.89. The molecular weight excluding hydrogens is 538 g/mol. The van der Waals surface area contributed by atoms with Gasteiger partial charge in [-0.05, 0) is 64.2 Å². The highest BCUT2D eigenvalue weighted by Crippen LogP contribution is 2.12. The standard InChI is InChI=1S/C41H81NO2/c1-5-7-9-11-13-15-17-19-21-23-25-27-29-31-33-35-37-43-40-41(39-42(3)4)44-38-36-34-32-30-28-26-24-22-20-18-16-14-12-10-8-6-2/h19-22,41H,5-18,23-40H2,1-4H3/p+1/b21-19-,22-20-. The Hall–Kier alpha value is -0.640. The Morgan fingerprint density at radius 1 is 0.432 bits per heavy atom. The van der Waals surface area contributed by atoms with E-state index < -0.39 is 0 Å². The van der Waals surface area contributed by atoms with Crippen molar-refractivity contribution in [1.82, 2.24) is 0 Å². The lowest BCUT2D eigenvalue weighted by molar-refractivity contribution is -0.862. The zero-order chi connectivity index (χ0) is 32.0. The van der Waals surface area contributed by atoms with Crippen LogP contribution in [-0.2, 0) is 9.47 Å². The molecule has 1 unspecified atom stereocenters. The van der Waals surface area contributed by atoms with Crippen LogP contribution < -0.4 is 4.90 Å². The molecule has 0 bridgehead atoms. The monoisotopic (exact) mass is 621 g/mol. The van der Waals surface area contributed by atoms with Gasteiger partial charge in [-0.2, -0.15) is 0 Å². The maximum atomic E-state index is 6.24. The van der Waals surface area contributed by atoms with Gasteiger partial charge in [-0.15, -0.1) is 0 Å². The largest absolute Gasteiger partial charge is 0.379 e. The van der Waals surface area contributed by atoms with Crippen molar-refractivity contribution in [3.63, 3.8) is 0 Å². The molecule has 0 radical (unpaired) electrons. The van der Waals surface area contributed by atoms with Gasteiger partial charge in [-0.1, -0.05) is 154 Å². The molecule has 0 aliphatic rings. The van der Waals surface area contributed by atoms with E-state index in [9.17, 15) is 0 Å². The summed E-state index contributed by atoms with van der Waals surface area (Å²) in [7, 11) is 4.43. The summed E-state index contributed by atoms with van der Waals surface area (Å²) in [6.45, 7) is 8.13.